The van der Waals surface area contributed by atoms with Crippen LogP contribution in [0.4, 0.5) is 0 Å². The van der Waals surface area contributed by atoms with Crippen molar-refractivity contribution in [3.05, 3.63) is 35.9 Å². The molecule has 1 aromatic carbocycles. The van der Waals surface area contributed by atoms with Crippen LogP contribution in [0.15, 0.2) is 30.3 Å². The van der Waals surface area contributed by atoms with E-state index in [-0.39, 0.29) is 19.5 Å². The zero-order valence-electron chi connectivity index (χ0n) is 20.4. The summed E-state index contributed by atoms with van der Waals surface area (Å²) in [5.74, 6) is -1.56. The first-order valence-corrected chi connectivity index (χ1v) is 12.2. The van der Waals surface area contributed by atoms with Gasteiger partial charge in [-0.15, -0.1) is 0 Å². The monoisotopic (exact) mass is 498 g/mol. The van der Waals surface area contributed by atoms with Crippen molar-refractivity contribution >= 4 is 11.8 Å². The predicted octanol–water partition coefficient (Wildman–Crippen LogP) is 2.04. The van der Waals surface area contributed by atoms with Crippen molar-refractivity contribution in [2.75, 3.05) is 85.9 Å². The Bertz CT molecular complexity index is 663. The van der Waals surface area contributed by atoms with Crippen LogP contribution in [0.2, 0.25) is 0 Å². The standard InChI is InChI=1S/C25H38O10/c26-24(22-6-2-1-3-7-22)25(27)35-21-19-32-17-15-30-13-11-28-10-12-29-14-16-31-18-20-34-23-8-4-5-9-33-23/h1-3,6-7,23H,4-5,8-21H2. The third kappa shape index (κ3) is 14.9. The van der Waals surface area contributed by atoms with Gasteiger partial charge in [0.25, 0.3) is 5.78 Å². The molecule has 1 fully saturated rings. The fourth-order valence-electron chi connectivity index (χ4n) is 3.03. The molecule has 10 heteroatoms. The Kier molecular flexibility index (Phi) is 17.0. The Morgan fingerprint density at radius 3 is 1.71 bits per heavy atom. The highest BCUT2D eigenvalue weighted by Gasteiger charge is 2.17. The molecule has 0 radical (unpaired) electrons. The molecule has 2 rings (SSSR count). The number of hydrogen-bond donors (Lipinski definition) is 0. The highest BCUT2D eigenvalue weighted by Crippen LogP contribution is 2.13. The van der Waals surface area contributed by atoms with Crippen molar-refractivity contribution in [2.24, 2.45) is 0 Å². The molecular formula is C25H38O10. The molecule has 10 nitrogen and oxygen atoms in total. The quantitative estimate of drug-likeness (QED) is 0.108. The number of ether oxygens (including phenoxy) is 8. The van der Waals surface area contributed by atoms with Gasteiger partial charge in [0.2, 0.25) is 0 Å². The van der Waals surface area contributed by atoms with Gasteiger partial charge in [0.1, 0.15) is 6.61 Å². The topological polar surface area (TPSA) is 108 Å². The summed E-state index contributed by atoms with van der Waals surface area (Å²) in [4.78, 5) is 23.5. The van der Waals surface area contributed by atoms with Gasteiger partial charge in [-0.1, -0.05) is 30.3 Å². The smallest absolute Gasteiger partial charge is 0.379 e. The largest absolute Gasteiger partial charge is 0.457 e. The van der Waals surface area contributed by atoms with Gasteiger partial charge in [-0.3, -0.25) is 4.79 Å². The Morgan fingerprint density at radius 2 is 1.20 bits per heavy atom. The van der Waals surface area contributed by atoms with Crippen molar-refractivity contribution in [3.63, 3.8) is 0 Å². The molecule has 1 heterocycles. The Morgan fingerprint density at radius 1 is 0.686 bits per heavy atom. The average Bonchev–Trinajstić information content (AvgIpc) is 2.90. The van der Waals surface area contributed by atoms with Crippen molar-refractivity contribution in [1.82, 2.24) is 0 Å². The second kappa shape index (κ2) is 20.3. The lowest BCUT2D eigenvalue weighted by molar-refractivity contribution is -0.169. The maximum absolute atomic E-state index is 11.8. The molecule has 1 aliphatic heterocycles. The van der Waals surface area contributed by atoms with Crippen molar-refractivity contribution in [1.29, 1.82) is 0 Å². The fourth-order valence-corrected chi connectivity index (χ4v) is 3.03. The molecule has 0 aliphatic carbocycles. The van der Waals surface area contributed by atoms with E-state index in [2.05, 4.69) is 0 Å². The van der Waals surface area contributed by atoms with E-state index in [9.17, 15) is 9.59 Å². The van der Waals surface area contributed by atoms with Gasteiger partial charge >= 0.3 is 5.97 Å². The lowest BCUT2D eigenvalue weighted by Gasteiger charge is -2.22. The molecule has 0 spiro atoms. The normalized spacial score (nSPS) is 15.7. The minimum atomic E-state index is -0.889. The summed E-state index contributed by atoms with van der Waals surface area (Å²) in [5.41, 5.74) is 0.302. The zero-order valence-corrected chi connectivity index (χ0v) is 20.4. The number of carbonyl (C=O) groups excluding carboxylic acids is 2. The predicted molar refractivity (Wildman–Crippen MR) is 125 cm³/mol. The van der Waals surface area contributed by atoms with Gasteiger partial charge in [-0.05, 0) is 19.3 Å². The number of rotatable bonds is 21. The number of hydrogen-bond acceptors (Lipinski definition) is 10. The summed E-state index contributed by atoms with van der Waals surface area (Å²) in [6, 6.07) is 8.27. The van der Waals surface area contributed by atoms with Gasteiger partial charge in [-0.2, -0.15) is 0 Å². The zero-order chi connectivity index (χ0) is 24.8. The van der Waals surface area contributed by atoms with E-state index in [1.807, 2.05) is 0 Å². The van der Waals surface area contributed by atoms with Crippen LogP contribution >= 0.6 is 0 Å². The molecule has 0 amide bonds. The van der Waals surface area contributed by atoms with E-state index in [4.69, 9.17) is 37.9 Å². The minimum absolute atomic E-state index is 0.00869. The Hall–Kier alpha value is -1.92. The van der Waals surface area contributed by atoms with Crippen LogP contribution in [0.25, 0.3) is 0 Å². The summed E-state index contributed by atoms with van der Waals surface area (Å²) < 4.78 is 43.0. The summed E-state index contributed by atoms with van der Waals surface area (Å²) in [5, 5.41) is 0. The van der Waals surface area contributed by atoms with E-state index in [1.165, 1.54) is 0 Å². The summed E-state index contributed by atoms with van der Waals surface area (Å²) in [6.45, 7) is 5.68. The first-order chi connectivity index (χ1) is 17.3. The van der Waals surface area contributed by atoms with Crippen LogP contribution in [0.3, 0.4) is 0 Å². The van der Waals surface area contributed by atoms with Crippen LogP contribution in [0.5, 0.6) is 0 Å². The van der Waals surface area contributed by atoms with Gasteiger partial charge in [0.15, 0.2) is 6.29 Å². The number of ketones is 1. The number of esters is 1. The number of carbonyl (C=O) groups is 2. The van der Waals surface area contributed by atoms with Crippen molar-refractivity contribution in [3.8, 4) is 0 Å². The van der Waals surface area contributed by atoms with Gasteiger partial charge in [0, 0.05) is 12.2 Å². The second-order valence-corrected chi connectivity index (χ2v) is 7.56. The molecule has 0 bridgehead atoms. The number of benzene rings is 1. The molecule has 0 saturated carbocycles. The van der Waals surface area contributed by atoms with Crippen LogP contribution < -0.4 is 0 Å². The molecule has 1 aliphatic rings. The molecule has 1 atom stereocenters. The first kappa shape index (κ1) is 29.3. The third-order valence-electron chi connectivity index (χ3n) is 4.84. The van der Waals surface area contributed by atoms with Gasteiger partial charge in [0.05, 0.1) is 72.7 Å². The van der Waals surface area contributed by atoms with E-state index in [0.717, 1.165) is 25.9 Å². The first-order valence-electron chi connectivity index (χ1n) is 12.2. The van der Waals surface area contributed by atoms with Gasteiger partial charge in [-0.25, -0.2) is 4.79 Å². The van der Waals surface area contributed by atoms with Crippen molar-refractivity contribution in [2.45, 2.75) is 25.6 Å². The Balaban J connectivity index is 1.24. The van der Waals surface area contributed by atoms with Crippen LogP contribution in [0.1, 0.15) is 29.6 Å². The van der Waals surface area contributed by atoms with E-state index in [1.54, 1.807) is 30.3 Å². The van der Waals surface area contributed by atoms with E-state index in [0.29, 0.717) is 71.6 Å². The highest BCUT2D eigenvalue weighted by atomic mass is 16.7. The summed E-state index contributed by atoms with van der Waals surface area (Å²) in [6.07, 6.45) is 3.15. The van der Waals surface area contributed by atoms with Crippen LogP contribution in [0, 0.1) is 0 Å². The van der Waals surface area contributed by atoms with Crippen LogP contribution in [-0.2, 0) is 42.7 Å². The Labute approximate surface area is 207 Å². The molecule has 1 saturated heterocycles. The lowest BCUT2D eigenvalue weighted by atomic mass is 10.1. The fraction of sp³-hybridized carbons (Fsp3) is 0.680. The van der Waals surface area contributed by atoms with E-state index >= 15 is 0 Å². The average molecular weight is 499 g/mol. The SMILES string of the molecule is O=C(OCCOCCOCCOCCOCCOCCOC1CCCCO1)C(=O)c1ccccc1. The third-order valence-corrected chi connectivity index (χ3v) is 4.84. The van der Waals surface area contributed by atoms with Crippen LogP contribution in [-0.4, -0.2) is 104 Å². The lowest BCUT2D eigenvalue weighted by Crippen LogP contribution is -2.24. The minimum Gasteiger partial charge on any atom is -0.457 e. The maximum atomic E-state index is 11.8. The summed E-state index contributed by atoms with van der Waals surface area (Å²) >= 11 is 0. The highest BCUT2D eigenvalue weighted by molar-refractivity contribution is 6.40. The second-order valence-electron chi connectivity index (χ2n) is 7.56. The molecule has 35 heavy (non-hydrogen) atoms. The molecular weight excluding hydrogens is 460 g/mol. The number of Topliss-reactive ketones (excluding diaryl/α,β-unsaturated/α-hetero) is 1. The van der Waals surface area contributed by atoms with Gasteiger partial charge < -0.3 is 37.9 Å². The van der Waals surface area contributed by atoms with Crippen molar-refractivity contribution < 1.29 is 47.5 Å². The molecule has 0 N–H and O–H groups in total. The molecule has 0 aromatic heterocycles. The van der Waals surface area contributed by atoms with E-state index < -0.39 is 11.8 Å². The summed E-state index contributed by atoms with van der Waals surface area (Å²) in [7, 11) is 0. The molecule has 1 aromatic rings. The maximum Gasteiger partial charge on any atom is 0.379 e. The molecule has 198 valence electrons. The molecule has 1 unspecified atom stereocenters.